The molecule has 2 aromatic rings. The topological polar surface area (TPSA) is 51.1 Å². The van der Waals surface area contributed by atoms with Gasteiger partial charge in [0.25, 0.3) is 5.91 Å². The van der Waals surface area contributed by atoms with Crippen molar-refractivity contribution in [1.82, 2.24) is 0 Å². The summed E-state index contributed by atoms with van der Waals surface area (Å²) in [6.07, 6.45) is -3.91. The molecule has 0 N–H and O–H groups in total. The zero-order valence-corrected chi connectivity index (χ0v) is 17.4. The van der Waals surface area contributed by atoms with E-state index in [2.05, 4.69) is 9.73 Å². The predicted octanol–water partition coefficient (Wildman–Crippen LogP) is 5.73. The first kappa shape index (κ1) is 23.6. The fraction of sp³-hybridized carbons (Fsp3) is 0.238. The molecule has 170 valence electrons. The molecule has 0 aliphatic carbocycles. The van der Waals surface area contributed by atoms with Gasteiger partial charge in [-0.25, -0.2) is 4.99 Å². The number of aliphatic imine (C=N–C) groups is 1. The monoisotopic (exact) mass is 472 g/mol. The lowest BCUT2D eigenvalue weighted by molar-refractivity contribution is -0.129. The fourth-order valence-corrected chi connectivity index (χ4v) is 3.71. The molecule has 2 aromatic carbocycles. The Bertz CT molecular complexity index is 1010. The van der Waals surface area contributed by atoms with E-state index in [1.807, 2.05) is 0 Å². The summed E-state index contributed by atoms with van der Waals surface area (Å²) >= 11 is 0.776. The van der Waals surface area contributed by atoms with Crippen molar-refractivity contribution in [3.63, 3.8) is 0 Å². The highest BCUT2D eigenvalue weighted by atomic mass is 32.2. The van der Waals surface area contributed by atoms with Crippen LogP contribution >= 0.6 is 11.8 Å². The average molecular weight is 472 g/mol. The van der Waals surface area contributed by atoms with E-state index in [1.54, 1.807) is 24.3 Å². The van der Waals surface area contributed by atoms with E-state index in [4.69, 9.17) is 4.74 Å². The second-order valence-electron chi connectivity index (χ2n) is 6.42. The van der Waals surface area contributed by atoms with Crippen molar-refractivity contribution >= 4 is 34.6 Å². The first-order valence-electron chi connectivity index (χ1n) is 9.19. The van der Waals surface area contributed by atoms with Crippen LogP contribution in [0.1, 0.15) is 12.0 Å². The molecule has 0 bridgehead atoms. The Morgan fingerprint density at radius 2 is 1.69 bits per heavy atom. The number of carbonyl (C=O) groups is 1. The molecule has 3 rings (SSSR count). The van der Waals surface area contributed by atoms with E-state index in [-0.39, 0.29) is 28.1 Å². The molecule has 0 aromatic heterocycles. The van der Waals surface area contributed by atoms with Crippen LogP contribution in [0.5, 0.6) is 11.5 Å². The molecule has 32 heavy (non-hydrogen) atoms. The third-order valence-electron chi connectivity index (χ3n) is 4.19. The van der Waals surface area contributed by atoms with Gasteiger partial charge in [-0.3, -0.25) is 9.69 Å². The van der Waals surface area contributed by atoms with Crippen molar-refractivity contribution in [3.8, 4) is 11.5 Å². The summed E-state index contributed by atoms with van der Waals surface area (Å²) in [5.74, 6) is -0.399. The second-order valence-corrected chi connectivity index (χ2v) is 7.49. The van der Waals surface area contributed by atoms with Gasteiger partial charge in [0.2, 0.25) is 0 Å². The minimum Gasteiger partial charge on any atom is -0.497 e. The van der Waals surface area contributed by atoms with Gasteiger partial charge in [-0.05, 0) is 48.0 Å². The summed E-state index contributed by atoms with van der Waals surface area (Å²) in [6.45, 7) is -3.01. The van der Waals surface area contributed by atoms with Crippen LogP contribution in [0, 0.1) is 0 Å². The first-order valence-corrected chi connectivity index (χ1v) is 10.2. The maximum Gasteiger partial charge on any atom is 0.389 e. The van der Waals surface area contributed by atoms with E-state index in [9.17, 15) is 26.7 Å². The summed E-state index contributed by atoms with van der Waals surface area (Å²) in [6, 6.07) is 11.9. The number of benzene rings is 2. The van der Waals surface area contributed by atoms with Crippen LogP contribution in [0.3, 0.4) is 0 Å². The van der Waals surface area contributed by atoms with Crippen LogP contribution in [0.4, 0.5) is 27.6 Å². The summed E-state index contributed by atoms with van der Waals surface area (Å²) in [5.41, 5.74) is 0.922. The van der Waals surface area contributed by atoms with Gasteiger partial charge in [-0.2, -0.15) is 22.0 Å². The van der Waals surface area contributed by atoms with E-state index in [1.165, 1.54) is 37.5 Å². The van der Waals surface area contributed by atoms with Crippen molar-refractivity contribution in [2.24, 2.45) is 4.99 Å². The highest BCUT2D eigenvalue weighted by Crippen LogP contribution is 2.32. The second kappa shape index (κ2) is 10.0. The molecule has 0 unspecified atom stereocenters. The number of hydrogen-bond donors (Lipinski definition) is 0. The predicted molar refractivity (Wildman–Crippen MR) is 112 cm³/mol. The Morgan fingerprint density at radius 3 is 2.25 bits per heavy atom. The molecule has 0 saturated heterocycles. The molecule has 1 heterocycles. The Morgan fingerprint density at radius 1 is 1.06 bits per heavy atom. The third-order valence-corrected chi connectivity index (χ3v) is 5.13. The molecule has 5 nitrogen and oxygen atoms in total. The lowest BCUT2D eigenvalue weighted by Crippen LogP contribution is -2.30. The Labute approximate surface area is 184 Å². The maximum absolute atomic E-state index is 13.0. The van der Waals surface area contributed by atoms with Gasteiger partial charge in [0, 0.05) is 5.75 Å². The molecular formula is C21H17F5N2O3S. The van der Waals surface area contributed by atoms with Crippen molar-refractivity contribution < 1.29 is 36.2 Å². The van der Waals surface area contributed by atoms with Crippen LogP contribution < -0.4 is 14.4 Å². The number of amidine groups is 1. The molecule has 1 amide bonds. The van der Waals surface area contributed by atoms with Gasteiger partial charge < -0.3 is 9.47 Å². The Hall–Kier alpha value is -3.08. The van der Waals surface area contributed by atoms with Crippen LogP contribution in [0.25, 0.3) is 6.08 Å². The van der Waals surface area contributed by atoms with Gasteiger partial charge in [0.1, 0.15) is 17.2 Å². The largest absolute Gasteiger partial charge is 0.497 e. The standard InChI is InChI=1S/C21H17F5N2O3S/c1-30-15-6-2-13(3-7-15)12-17-18(29)28(20(27-17)32-11-10-21(24,25)26)14-4-8-16(9-5-14)31-19(22)23/h2-9,12,19H,10-11H2,1H3/b17-12-. The highest BCUT2D eigenvalue weighted by Gasteiger charge is 2.33. The first-order chi connectivity index (χ1) is 15.2. The number of anilines is 1. The molecule has 1 aliphatic rings. The number of alkyl halides is 5. The molecule has 0 radical (unpaired) electrons. The lowest BCUT2D eigenvalue weighted by Gasteiger charge is -2.18. The normalized spacial score (nSPS) is 15.5. The van der Waals surface area contributed by atoms with Crippen molar-refractivity contribution in [1.29, 1.82) is 0 Å². The Kier molecular flexibility index (Phi) is 7.39. The number of ether oxygens (including phenoxy) is 2. The molecular weight excluding hydrogens is 455 g/mol. The third kappa shape index (κ3) is 6.22. The number of halogens is 5. The number of carbonyl (C=O) groups excluding carboxylic acids is 1. The van der Waals surface area contributed by atoms with Gasteiger partial charge in [-0.1, -0.05) is 23.9 Å². The number of hydrogen-bond acceptors (Lipinski definition) is 5. The minimum atomic E-state index is -4.35. The summed E-state index contributed by atoms with van der Waals surface area (Å²) in [5, 5.41) is 0.0570. The van der Waals surface area contributed by atoms with E-state index < -0.39 is 25.1 Å². The summed E-state index contributed by atoms with van der Waals surface area (Å²) in [7, 11) is 1.51. The summed E-state index contributed by atoms with van der Waals surface area (Å²) < 4.78 is 71.8. The zero-order valence-electron chi connectivity index (χ0n) is 16.6. The smallest absolute Gasteiger partial charge is 0.389 e. The van der Waals surface area contributed by atoms with Crippen molar-refractivity contribution in [2.75, 3.05) is 17.8 Å². The van der Waals surface area contributed by atoms with Crippen molar-refractivity contribution in [3.05, 3.63) is 59.8 Å². The number of rotatable bonds is 7. The number of nitrogens with zero attached hydrogens (tertiary/aromatic N) is 2. The van der Waals surface area contributed by atoms with Crippen LogP contribution in [-0.2, 0) is 4.79 Å². The molecule has 0 spiro atoms. The quantitative estimate of drug-likeness (QED) is 0.382. The van der Waals surface area contributed by atoms with E-state index in [0.29, 0.717) is 11.3 Å². The number of amides is 1. The molecule has 0 atom stereocenters. The minimum absolute atomic E-state index is 0.0255. The van der Waals surface area contributed by atoms with Crippen LogP contribution in [-0.4, -0.2) is 36.7 Å². The van der Waals surface area contributed by atoms with Crippen molar-refractivity contribution in [2.45, 2.75) is 19.2 Å². The van der Waals surface area contributed by atoms with E-state index >= 15 is 0 Å². The van der Waals surface area contributed by atoms with Gasteiger partial charge in [-0.15, -0.1) is 0 Å². The molecule has 1 aliphatic heterocycles. The van der Waals surface area contributed by atoms with E-state index in [0.717, 1.165) is 16.7 Å². The SMILES string of the molecule is COc1ccc(/C=C2\N=C(SCCC(F)(F)F)N(c3ccc(OC(F)F)cc3)C2=O)cc1. The summed E-state index contributed by atoms with van der Waals surface area (Å²) in [4.78, 5) is 18.4. The lowest BCUT2D eigenvalue weighted by atomic mass is 10.2. The maximum atomic E-state index is 13.0. The molecule has 11 heteroatoms. The van der Waals surface area contributed by atoms with Gasteiger partial charge in [0.05, 0.1) is 19.2 Å². The fourth-order valence-electron chi connectivity index (χ4n) is 2.71. The molecule has 0 saturated carbocycles. The number of thioether (sulfide) groups is 1. The Balaban J connectivity index is 1.88. The van der Waals surface area contributed by atoms with Gasteiger partial charge >= 0.3 is 12.8 Å². The van der Waals surface area contributed by atoms with Crippen LogP contribution in [0.2, 0.25) is 0 Å². The average Bonchev–Trinajstić information content (AvgIpc) is 3.03. The highest BCUT2D eigenvalue weighted by molar-refractivity contribution is 8.14. The zero-order chi connectivity index (χ0) is 23.3. The van der Waals surface area contributed by atoms with Crippen LogP contribution in [0.15, 0.2) is 59.2 Å². The van der Waals surface area contributed by atoms with Gasteiger partial charge in [0.15, 0.2) is 5.17 Å². The number of methoxy groups -OCH3 is 1. The molecule has 0 fully saturated rings.